The molecule has 0 aliphatic heterocycles. The molecule has 0 N–H and O–H groups in total. The maximum Gasteiger partial charge on any atom is 0.193 e. The molecule has 0 unspecified atom stereocenters. The van der Waals surface area contributed by atoms with Crippen molar-refractivity contribution < 1.29 is 9.59 Å². The number of unbranched alkanes of at least 4 members (excludes halogenated alkanes) is 1. The van der Waals surface area contributed by atoms with Gasteiger partial charge in [-0.1, -0.05) is 30.3 Å². The van der Waals surface area contributed by atoms with Gasteiger partial charge in [-0.3, -0.25) is 9.59 Å². The van der Waals surface area contributed by atoms with Gasteiger partial charge in [-0.15, -0.1) is 6.58 Å². The summed E-state index contributed by atoms with van der Waals surface area (Å²) in [5, 5.41) is 2.03. The van der Waals surface area contributed by atoms with Crippen LogP contribution in [-0.2, 0) is 6.54 Å². The first-order valence-electron chi connectivity index (χ1n) is 10.9. The lowest BCUT2D eigenvalue weighted by atomic mass is 9.97. The number of carbonyl (C=O) groups excluding carboxylic acids is 2. The van der Waals surface area contributed by atoms with Gasteiger partial charge in [0, 0.05) is 51.5 Å². The molecule has 31 heavy (non-hydrogen) atoms. The molecule has 0 spiro atoms. The van der Waals surface area contributed by atoms with Crippen LogP contribution in [0.5, 0.6) is 0 Å². The first-order valence-corrected chi connectivity index (χ1v) is 10.9. The minimum atomic E-state index is 0.0223. The molecule has 4 aromatic rings. The highest BCUT2D eigenvalue weighted by atomic mass is 16.1. The Balaban J connectivity index is 1.83. The summed E-state index contributed by atoms with van der Waals surface area (Å²) in [6.45, 7) is 8.61. The van der Waals surface area contributed by atoms with Gasteiger partial charge in [0.2, 0.25) is 0 Å². The highest BCUT2D eigenvalue weighted by Crippen LogP contribution is 2.32. The molecule has 3 nitrogen and oxygen atoms in total. The van der Waals surface area contributed by atoms with Crippen molar-refractivity contribution >= 4 is 33.4 Å². The summed E-state index contributed by atoms with van der Waals surface area (Å²) >= 11 is 0. The molecule has 4 rings (SSSR count). The average Bonchev–Trinajstić information content (AvgIpc) is 3.11. The van der Waals surface area contributed by atoms with Gasteiger partial charge in [-0.2, -0.15) is 0 Å². The van der Waals surface area contributed by atoms with Crippen LogP contribution in [0.15, 0.2) is 73.3 Å². The number of hydrogen-bond donors (Lipinski definition) is 0. The van der Waals surface area contributed by atoms with Crippen molar-refractivity contribution in [1.82, 2.24) is 4.57 Å². The van der Waals surface area contributed by atoms with Crippen molar-refractivity contribution in [2.75, 3.05) is 0 Å². The number of nitrogens with zero attached hydrogens (tertiary/aromatic N) is 1. The number of rotatable bonds is 8. The summed E-state index contributed by atoms with van der Waals surface area (Å²) in [6, 6.07) is 19.5. The van der Waals surface area contributed by atoms with Crippen LogP contribution in [0.4, 0.5) is 0 Å². The van der Waals surface area contributed by atoms with E-state index in [1.54, 1.807) is 0 Å². The van der Waals surface area contributed by atoms with Gasteiger partial charge in [0.1, 0.15) is 0 Å². The molecule has 0 aliphatic rings. The van der Waals surface area contributed by atoms with Gasteiger partial charge < -0.3 is 4.57 Å². The molecule has 1 heterocycles. The molecule has 3 heteroatoms. The lowest BCUT2D eigenvalue weighted by Crippen LogP contribution is -2.03. The van der Waals surface area contributed by atoms with Crippen LogP contribution >= 0.6 is 0 Å². The first kappa shape index (κ1) is 20.8. The van der Waals surface area contributed by atoms with Gasteiger partial charge >= 0.3 is 0 Å². The van der Waals surface area contributed by atoms with E-state index in [1.165, 1.54) is 0 Å². The van der Waals surface area contributed by atoms with Crippen LogP contribution < -0.4 is 0 Å². The van der Waals surface area contributed by atoms with E-state index >= 15 is 0 Å². The van der Waals surface area contributed by atoms with E-state index in [0.29, 0.717) is 12.0 Å². The van der Waals surface area contributed by atoms with Gasteiger partial charge in [0.25, 0.3) is 0 Å². The fraction of sp³-hybridized carbons (Fsp3) is 0.214. The Bertz CT molecular complexity index is 1310. The highest BCUT2D eigenvalue weighted by Gasteiger charge is 2.17. The number of fused-ring (bicyclic) bond motifs is 3. The number of ketones is 2. The average molecular weight is 410 g/mol. The number of aromatic nitrogens is 1. The van der Waals surface area contributed by atoms with E-state index < -0.39 is 0 Å². The third-order valence-corrected chi connectivity index (χ3v) is 5.97. The minimum absolute atomic E-state index is 0.0223. The van der Waals surface area contributed by atoms with Gasteiger partial charge in [0.15, 0.2) is 11.6 Å². The van der Waals surface area contributed by atoms with Crippen molar-refractivity contribution in [3.8, 4) is 0 Å². The van der Waals surface area contributed by atoms with Crippen molar-refractivity contribution in [1.29, 1.82) is 0 Å². The van der Waals surface area contributed by atoms with Crippen molar-refractivity contribution in [2.45, 2.75) is 39.7 Å². The Hall–Kier alpha value is -3.46. The van der Waals surface area contributed by atoms with Crippen LogP contribution in [-0.4, -0.2) is 16.1 Å². The van der Waals surface area contributed by atoms with Crippen molar-refractivity contribution in [3.05, 3.63) is 95.6 Å². The quantitative estimate of drug-likeness (QED) is 0.180. The predicted molar refractivity (Wildman–Crippen MR) is 128 cm³/mol. The zero-order valence-corrected chi connectivity index (χ0v) is 18.2. The molecule has 0 radical (unpaired) electrons. The van der Waals surface area contributed by atoms with E-state index in [4.69, 9.17) is 0 Å². The number of aryl methyl sites for hydroxylation is 2. The number of hydrogen-bond acceptors (Lipinski definition) is 2. The minimum Gasteiger partial charge on any atom is -0.341 e. The highest BCUT2D eigenvalue weighted by molar-refractivity contribution is 6.16. The Kier molecular flexibility index (Phi) is 5.85. The topological polar surface area (TPSA) is 39.1 Å². The lowest BCUT2D eigenvalue weighted by Gasteiger charge is -2.06. The number of carbonyl (C=O) groups is 2. The largest absolute Gasteiger partial charge is 0.341 e. The van der Waals surface area contributed by atoms with Gasteiger partial charge in [-0.25, -0.2) is 0 Å². The zero-order chi connectivity index (χ0) is 22.0. The third kappa shape index (κ3) is 3.84. The normalized spacial score (nSPS) is 11.2. The number of allylic oxidation sites excluding steroid dienone is 1. The molecule has 0 fully saturated rings. The molecular weight excluding hydrogens is 382 g/mol. The molecule has 3 aromatic carbocycles. The van der Waals surface area contributed by atoms with E-state index in [9.17, 15) is 9.59 Å². The molecule has 0 saturated heterocycles. The second-order valence-electron chi connectivity index (χ2n) is 7.96. The Labute approximate surface area is 183 Å². The number of Topliss-reactive ketones (excluding diaryl/α,β-unsaturated/α-hetero) is 1. The summed E-state index contributed by atoms with van der Waals surface area (Å²) in [4.78, 5) is 25.9. The SMILES string of the molecule is C=CCCCC(=O)c1ccc2c(c1)c1cc(C(=O)c3ccccc3C)ccc1n2CC. The first-order chi connectivity index (χ1) is 15.0. The van der Waals surface area contributed by atoms with E-state index in [1.807, 2.05) is 73.7 Å². The zero-order valence-electron chi connectivity index (χ0n) is 18.2. The second kappa shape index (κ2) is 8.73. The molecule has 156 valence electrons. The predicted octanol–water partition coefficient (Wildman–Crippen LogP) is 6.89. The van der Waals surface area contributed by atoms with Crippen LogP contribution in [0.1, 0.15) is 58.0 Å². The Morgan fingerprint density at radius 3 is 2.23 bits per heavy atom. The van der Waals surface area contributed by atoms with E-state index in [-0.39, 0.29) is 11.6 Å². The summed E-state index contributed by atoms with van der Waals surface area (Å²) in [6.07, 6.45) is 4.01. The van der Waals surface area contributed by atoms with Crippen LogP contribution in [0.25, 0.3) is 21.8 Å². The van der Waals surface area contributed by atoms with Crippen LogP contribution in [0, 0.1) is 6.92 Å². The maximum atomic E-state index is 13.2. The molecular formula is C28H27NO2. The van der Waals surface area contributed by atoms with Crippen molar-refractivity contribution in [3.63, 3.8) is 0 Å². The molecule has 0 bridgehead atoms. The Morgan fingerprint density at radius 1 is 0.935 bits per heavy atom. The monoisotopic (exact) mass is 409 g/mol. The standard InChI is InChI=1S/C28H27NO2/c1-4-6-7-12-27(30)20-13-15-25-23(17-20)24-18-21(14-16-26(24)29(25)5-2)28(31)22-11-9-8-10-19(22)3/h4,8-11,13-18H,1,5-7,12H2,2-3H3. The van der Waals surface area contributed by atoms with Crippen molar-refractivity contribution in [2.24, 2.45) is 0 Å². The second-order valence-corrected chi connectivity index (χ2v) is 7.96. The molecule has 1 aromatic heterocycles. The summed E-state index contributed by atoms with van der Waals surface area (Å²) < 4.78 is 2.23. The van der Waals surface area contributed by atoms with Crippen LogP contribution in [0.3, 0.4) is 0 Å². The van der Waals surface area contributed by atoms with E-state index in [0.717, 1.165) is 57.9 Å². The smallest absolute Gasteiger partial charge is 0.193 e. The summed E-state index contributed by atoms with van der Waals surface area (Å²) in [7, 11) is 0. The van der Waals surface area contributed by atoms with E-state index in [2.05, 4.69) is 18.1 Å². The maximum absolute atomic E-state index is 13.2. The van der Waals surface area contributed by atoms with Gasteiger partial charge in [0.05, 0.1) is 0 Å². The molecule has 0 atom stereocenters. The summed E-state index contributed by atoms with van der Waals surface area (Å²) in [5.74, 6) is 0.169. The van der Waals surface area contributed by atoms with Gasteiger partial charge in [-0.05, 0) is 68.7 Å². The molecule has 0 amide bonds. The van der Waals surface area contributed by atoms with Crippen LogP contribution in [0.2, 0.25) is 0 Å². The number of benzene rings is 3. The molecule has 0 aliphatic carbocycles. The fourth-order valence-electron chi connectivity index (χ4n) is 4.29. The Morgan fingerprint density at radius 2 is 1.58 bits per heavy atom. The summed E-state index contributed by atoms with van der Waals surface area (Å²) in [5.41, 5.74) is 5.24. The fourth-order valence-corrected chi connectivity index (χ4v) is 4.29. The lowest BCUT2D eigenvalue weighted by molar-refractivity contribution is 0.0979. The third-order valence-electron chi connectivity index (χ3n) is 5.97. The molecule has 0 saturated carbocycles.